The molecule has 2 amide bonds. The topological polar surface area (TPSA) is 63.4 Å². The molecule has 0 saturated carbocycles. The van der Waals surface area contributed by atoms with Crippen LogP contribution < -0.4 is 10.6 Å². The van der Waals surface area contributed by atoms with E-state index in [0.717, 1.165) is 0 Å². The van der Waals surface area contributed by atoms with Crippen molar-refractivity contribution in [3.8, 4) is 0 Å². The van der Waals surface area contributed by atoms with E-state index in [1.54, 1.807) is 0 Å². The number of carbonyl (C=O) groups excluding carboxylic acids is 2. The van der Waals surface area contributed by atoms with Crippen LogP contribution in [0.1, 0.15) is 6.42 Å². The van der Waals surface area contributed by atoms with Crippen LogP contribution in [0.15, 0.2) is 24.3 Å². The van der Waals surface area contributed by atoms with E-state index in [1.807, 2.05) is 0 Å². The van der Waals surface area contributed by atoms with Gasteiger partial charge < -0.3 is 10.6 Å². The van der Waals surface area contributed by atoms with Crippen LogP contribution in [0.2, 0.25) is 0 Å². The summed E-state index contributed by atoms with van der Waals surface area (Å²) in [5, 5.41) is 0. The molecule has 0 radical (unpaired) electrons. The number of primary amides is 1. The van der Waals surface area contributed by atoms with Crippen LogP contribution in [0, 0.1) is 11.7 Å². The van der Waals surface area contributed by atoms with Crippen molar-refractivity contribution in [1.29, 1.82) is 0 Å². The third kappa shape index (κ3) is 1.88. The first-order valence-electron chi connectivity index (χ1n) is 4.93. The predicted octanol–water partition coefficient (Wildman–Crippen LogP) is 0.664. The zero-order valence-corrected chi connectivity index (χ0v) is 8.52. The van der Waals surface area contributed by atoms with E-state index in [0.29, 0.717) is 5.69 Å². The molecule has 1 aromatic carbocycles. The van der Waals surface area contributed by atoms with E-state index >= 15 is 0 Å². The molecule has 4 nitrogen and oxygen atoms in total. The summed E-state index contributed by atoms with van der Waals surface area (Å²) in [6.45, 7) is 0.278. The van der Waals surface area contributed by atoms with Gasteiger partial charge in [0.05, 0.1) is 5.92 Å². The molecule has 2 rings (SSSR count). The van der Waals surface area contributed by atoms with E-state index in [9.17, 15) is 14.0 Å². The Bertz CT molecular complexity index is 430. The molecule has 1 heterocycles. The fourth-order valence-corrected chi connectivity index (χ4v) is 1.77. The van der Waals surface area contributed by atoms with Crippen molar-refractivity contribution in [2.75, 3.05) is 11.4 Å². The average molecular weight is 222 g/mol. The Morgan fingerprint density at radius 2 is 2.00 bits per heavy atom. The number of amides is 2. The lowest BCUT2D eigenvalue weighted by molar-refractivity contribution is -0.123. The lowest BCUT2D eigenvalue weighted by Crippen LogP contribution is -2.28. The molecule has 1 saturated heterocycles. The van der Waals surface area contributed by atoms with Crippen LogP contribution in [0.3, 0.4) is 0 Å². The SMILES string of the molecule is NC(=O)[C@H]1CC(=O)N(c2ccc(F)cc2)C1. The third-order valence-electron chi connectivity index (χ3n) is 2.67. The molecular formula is C11H11FN2O2. The van der Waals surface area contributed by atoms with E-state index in [4.69, 9.17) is 5.73 Å². The highest BCUT2D eigenvalue weighted by Crippen LogP contribution is 2.24. The van der Waals surface area contributed by atoms with Crippen molar-refractivity contribution in [2.45, 2.75) is 6.42 Å². The molecule has 0 spiro atoms. The Kier molecular flexibility index (Phi) is 2.60. The van der Waals surface area contributed by atoms with Crippen LogP contribution in [0.25, 0.3) is 0 Å². The minimum Gasteiger partial charge on any atom is -0.369 e. The molecule has 0 aliphatic carbocycles. The predicted molar refractivity (Wildman–Crippen MR) is 56.1 cm³/mol. The third-order valence-corrected chi connectivity index (χ3v) is 2.67. The molecule has 1 atom stereocenters. The summed E-state index contributed by atoms with van der Waals surface area (Å²) in [6.07, 6.45) is 0.132. The lowest BCUT2D eigenvalue weighted by Gasteiger charge is -2.15. The van der Waals surface area contributed by atoms with Gasteiger partial charge in [-0.3, -0.25) is 9.59 Å². The Labute approximate surface area is 91.8 Å². The fourth-order valence-electron chi connectivity index (χ4n) is 1.77. The number of hydrogen-bond acceptors (Lipinski definition) is 2. The highest BCUT2D eigenvalue weighted by Gasteiger charge is 2.33. The van der Waals surface area contributed by atoms with Gasteiger partial charge in [-0.1, -0.05) is 0 Å². The maximum atomic E-state index is 12.7. The zero-order valence-electron chi connectivity index (χ0n) is 8.52. The number of carbonyl (C=O) groups is 2. The normalized spacial score (nSPS) is 20.2. The summed E-state index contributed by atoms with van der Waals surface area (Å²) in [5.41, 5.74) is 5.74. The molecule has 1 aliphatic rings. The second kappa shape index (κ2) is 3.92. The van der Waals surface area contributed by atoms with Gasteiger partial charge in [0.15, 0.2) is 0 Å². The minimum absolute atomic E-state index is 0.132. The molecule has 84 valence electrons. The molecule has 0 bridgehead atoms. The standard InChI is InChI=1S/C11H11FN2O2/c12-8-1-3-9(4-2-8)14-6-7(11(13)16)5-10(14)15/h1-4,7H,5-6H2,(H2,13,16)/t7-/m0/s1. The van der Waals surface area contributed by atoms with Crippen LogP contribution in [0.4, 0.5) is 10.1 Å². The Morgan fingerprint density at radius 3 is 2.50 bits per heavy atom. The van der Waals surface area contributed by atoms with E-state index < -0.39 is 11.8 Å². The highest BCUT2D eigenvalue weighted by molar-refractivity contribution is 5.99. The number of halogens is 1. The van der Waals surface area contributed by atoms with Crippen molar-refractivity contribution >= 4 is 17.5 Å². The van der Waals surface area contributed by atoms with Gasteiger partial charge in [-0.25, -0.2) is 4.39 Å². The van der Waals surface area contributed by atoms with Gasteiger partial charge in [0.25, 0.3) is 0 Å². The first kappa shape index (κ1) is 10.6. The summed E-state index contributed by atoms with van der Waals surface area (Å²) < 4.78 is 12.7. The number of nitrogens with zero attached hydrogens (tertiary/aromatic N) is 1. The second-order valence-corrected chi connectivity index (χ2v) is 3.78. The number of rotatable bonds is 2. The van der Waals surface area contributed by atoms with Crippen molar-refractivity contribution in [1.82, 2.24) is 0 Å². The van der Waals surface area contributed by atoms with Crippen molar-refractivity contribution in [2.24, 2.45) is 11.7 Å². The quantitative estimate of drug-likeness (QED) is 0.799. The van der Waals surface area contributed by atoms with Crippen LogP contribution in [0.5, 0.6) is 0 Å². The molecule has 0 unspecified atom stereocenters. The Morgan fingerprint density at radius 1 is 1.38 bits per heavy atom. The molecule has 5 heteroatoms. The summed E-state index contributed by atoms with van der Waals surface area (Å²) in [5.74, 6) is -1.44. The summed E-state index contributed by atoms with van der Waals surface area (Å²) in [7, 11) is 0. The lowest BCUT2D eigenvalue weighted by atomic mass is 10.1. The maximum Gasteiger partial charge on any atom is 0.227 e. The Hall–Kier alpha value is -1.91. The van der Waals surface area contributed by atoms with E-state index in [-0.39, 0.29) is 24.7 Å². The smallest absolute Gasteiger partial charge is 0.227 e. The van der Waals surface area contributed by atoms with E-state index in [1.165, 1.54) is 29.2 Å². The Balaban J connectivity index is 2.20. The van der Waals surface area contributed by atoms with Gasteiger partial charge in [-0.15, -0.1) is 0 Å². The second-order valence-electron chi connectivity index (χ2n) is 3.78. The first-order valence-corrected chi connectivity index (χ1v) is 4.93. The van der Waals surface area contributed by atoms with E-state index in [2.05, 4.69) is 0 Å². The summed E-state index contributed by atoms with van der Waals surface area (Å²) in [6, 6.07) is 5.58. The number of hydrogen-bond donors (Lipinski definition) is 1. The molecule has 1 aliphatic heterocycles. The number of anilines is 1. The molecule has 0 aromatic heterocycles. The maximum absolute atomic E-state index is 12.7. The van der Waals surface area contributed by atoms with Crippen LogP contribution >= 0.6 is 0 Å². The molecule has 1 fully saturated rings. The molecular weight excluding hydrogens is 211 g/mol. The van der Waals surface area contributed by atoms with Crippen LogP contribution in [-0.2, 0) is 9.59 Å². The van der Waals surface area contributed by atoms with Crippen molar-refractivity contribution in [3.63, 3.8) is 0 Å². The van der Waals surface area contributed by atoms with Gasteiger partial charge in [0, 0.05) is 18.7 Å². The molecule has 16 heavy (non-hydrogen) atoms. The fraction of sp³-hybridized carbons (Fsp3) is 0.273. The first-order chi connectivity index (χ1) is 7.58. The summed E-state index contributed by atoms with van der Waals surface area (Å²) >= 11 is 0. The van der Waals surface area contributed by atoms with Crippen LogP contribution in [-0.4, -0.2) is 18.4 Å². The zero-order chi connectivity index (χ0) is 11.7. The largest absolute Gasteiger partial charge is 0.369 e. The average Bonchev–Trinajstić information content (AvgIpc) is 2.62. The minimum atomic E-state index is -0.474. The van der Waals surface area contributed by atoms with Gasteiger partial charge in [-0.05, 0) is 24.3 Å². The van der Waals surface area contributed by atoms with Gasteiger partial charge in [0.1, 0.15) is 5.82 Å². The highest BCUT2D eigenvalue weighted by atomic mass is 19.1. The monoisotopic (exact) mass is 222 g/mol. The summed E-state index contributed by atoms with van der Waals surface area (Å²) in [4.78, 5) is 24.0. The number of nitrogens with two attached hydrogens (primary N) is 1. The molecule has 2 N–H and O–H groups in total. The number of benzene rings is 1. The van der Waals surface area contributed by atoms with Gasteiger partial charge in [-0.2, -0.15) is 0 Å². The molecule has 1 aromatic rings. The van der Waals surface area contributed by atoms with Crippen molar-refractivity contribution < 1.29 is 14.0 Å². The van der Waals surface area contributed by atoms with Crippen molar-refractivity contribution in [3.05, 3.63) is 30.1 Å². The van der Waals surface area contributed by atoms with Gasteiger partial charge in [0.2, 0.25) is 11.8 Å². The van der Waals surface area contributed by atoms with Gasteiger partial charge >= 0.3 is 0 Å².